The minimum absolute atomic E-state index is 0.113. The number of hydrogen-bond donors (Lipinski definition) is 0. The van der Waals surface area contributed by atoms with Gasteiger partial charge in [-0.15, -0.1) is 22.7 Å². The summed E-state index contributed by atoms with van der Waals surface area (Å²) in [5, 5.41) is 5.08. The highest BCUT2D eigenvalue weighted by Gasteiger charge is 2.51. The molecule has 0 saturated heterocycles. The van der Waals surface area contributed by atoms with Crippen molar-refractivity contribution in [3.05, 3.63) is 318 Å². The number of rotatable bonds is 10. The molecule has 1 spiro atoms. The topological polar surface area (TPSA) is 6.48 Å². The van der Waals surface area contributed by atoms with E-state index in [1.165, 1.54) is 134 Å². The number of benzene rings is 12. The van der Waals surface area contributed by atoms with Crippen molar-refractivity contribution in [3.63, 3.8) is 0 Å². The summed E-state index contributed by atoms with van der Waals surface area (Å²) in [6.07, 6.45) is 8.94. The van der Waals surface area contributed by atoms with Gasteiger partial charge in [-0.25, -0.2) is 0 Å². The highest BCUT2D eigenvalue weighted by molar-refractivity contribution is 7.99. The zero-order chi connectivity index (χ0) is 59.5. The van der Waals surface area contributed by atoms with E-state index in [2.05, 4.69) is 317 Å². The van der Waals surface area contributed by atoms with Crippen molar-refractivity contribution in [2.75, 3.05) is 9.80 Å². The number of aryl methyl sites for hydroxylation is 1. The smallest absolute Gasteiger partial charge is 0.0736 e. The molecular formula is C84H62N2S3. The first-order chi connectivity index (χ1) is 43.8. The van der Waals surface area contributed by atoms with Gasteiger partial charge in [0.15, 0.2) is 0 Å². The molecule has 0 amide bonds. The molecule has 0 atom stereocenters. The lowest BCUT2D eigenvalue weighted by molar-refractivity contribution is 0.522. The SMILES string of the molecule is C/C=C\C(=C/C)N(c1cccc2c1Sc1ccc(N(c3ccc4c(c3)CCC4(C)C)c3cc(-c4ccc(-c5ccccc5)cc4)c4sc5ccccc5c4c3)cc1C21c2ccccc2-c2ccccc21)c1ccc(-c2ccccc2)c2sc3ccccc3c12. The summed E-state index contributed by atoms with van der Waals surface area (Å²) in [5.74, 6) is 0. The molecule has 3 aliphatic rings. The van der Waals surface area contributed by atoms with Gasteiger partial charge in [0, 0.05) is 78.5 Å². The summed E-state index contributed by atoms with van der Waals surface area (Å²) in [5.41, 5.74) is 24.3. The van der Waals surface area contributed by atoms with Gasteiger partial charge in [-0.05, 0) is 177 Å². The van der Waals surface area contributed by atoms with Crippen molar-refractivity contribution in [1.82, 2.24) is 0 Å². The van der Waals surface area contributed by atoms with E-state index in [0.29, 0.717) is 0 Å². The predicted molar refractivity (Wildman–Crippen MR) is 383 cm³/mol. The van der Waals surface area contributed by atoms with Crippen LogP contribution >= 0.6 is 34.4 Å². The quantitative estimate of drug-likeness (QED) is 0.126. The third-order valence-corrected chi connectivity index (χ3v) is 22.9. The number of allylic oxidation sites excluding steroid dienone is 3. The first-order valence-electron chi connectivity index (χ1n) is 31.1. The third kappa shape index (κ3) is 8.36. The summed E-state index contributed by atoms with van der Waals surface area (Å²) in [7, 11) is 0. The largest absolute Gasteiger partial charge is 0.310 e. The highest BCUT2D eigenvalue weighted by atomic mass is 32.2. The van der Waals surface area contributed by atoms with E-state index in [0.717, 1.165) is 41.3 Å². The first-order valence-corrected chi connectivity index (χ1v) is 33.5. The van der Waals surface area contributed by atoms with E-state index in [4.69, 9.17) is 0 Å². The minimum Gasteiger partial charge on any atom is -0.310 e. The molecule has 3 heterocycles. The molecule has 17 rings (SSSR count). The second-order valence-electron chi connectivity index (χ2n) is 24.6. The van der Waals surface area contributed by atoms with E-state index >= 15 is 0 Å². The van der Waals surface area contributed by atoms with Crippen LogP contribution in [0.25, 0.3) is 84.9 Å². The molecule has 2 aromatic heterocycles. The van der Waals surface area contributed by atoms with Crippen LogP contribution in [0.3, 0.4) is 0 Å². The first kappa shape index (κ1) is 53.7. The molecule has 5 heteroatoms. The molecule has 14 aromatic rings. The Labute approximate surface area is 533 Å². The molecule has 0 N–H and O–H groups in total. The van der Waals surface area contributed by atoms with E-state index in [9.17, 15) is 0 Å². The van der Waals surface area contributed by atoms with Crippen LogP contribution < -0.4 is 9.80 Å². The number of nitrogens with zero attached hydrogens (tertiary/aromatic N) is 2. The Morgan fingerprint density at radius 1 is 0.427 bits per heavy atom. The molecule has 426 valence electrons. The Balaban J connectivity index is 0.917. The zero-order valence-electron chi connectivity index (χ0n) is 50.1. The standard InChI is InChI=1S/C84H62N2S3/c1-5-22-58(6-2)86(74-45-43-62(55-25-11-8-12-26-55)81-79(74)66-30-16-20-36-77(66)88-81)75-34-21-33-72-82(75)89-78-46-42-60(52-73(78)84(72)70-31-17-13-27-63(70)64-28-14-18-32-71(64)84)85(59-41-44-69-57(49-59)47-48-83(69,3)4)61-50-67(80-68(51-61)65-29-15-19-35-76(65)87-80)56-39-37-54(38-40-56)53-23-9-7-10-24-53/h5-46,49-52H,47-48H2,1-4H3/b22-5-,58-6+. The normalized spacial score (nSPS) is 14.4. The molecule has 0 saturated carbocycles. The molecule has 12 aromatic carbocycles. The van der Waals surface area contributed by atoms with Crippen LogP contribution in [0.15, 0.2) is 295 Å². The van der Waals surface area contributed by atoms with Gasteiger partial charge in [0.05, 0.1) is 16.8 Å². The molecule has 0 bridgehead atoms. The van der Waals surface area contributed by atoms with Crippen LogP contribution in [0, 0.1) is 0 Å². The summed E-state index contributed by atoms with van der Waals surface area (Å²) < 4.78 is 5.16. The maximum absolute atomic E-state index is 2.59. The molecule has 0 fully saturated rings. The van der Waals surface area contributed by atoms with Gasteiger partial charge in [-0.1, -0.05) is 232 Å². The average Bonchev–Trinajstić information content (AvgIpc) is 1.67. The van der Waals surface area contributed by atoms with Crippen LogP contribution in [-0.4, -0.2) is 0 Å². The van der Waals surface area contributed by atoms with Crippen molar-refractivity contribution in [1.29, 1.82) is 0 Å². The number of hydrogen-bond acceptors (Lipinski definition) is 5. The van der Waals surface area contributed by atoms with Crippen molar-refractivity contribution >= 4 is 103 Å². The Morgan fingerprint density at radius 3 is 1.78 bits per heavy atom. The molecule has 2 nitrogen and oxygen atoms in total. The van der Waals surface area contributed by atoms with Gasteiger partial charge >= 0.3 is 0 Å². The van der Waals surface area contributed by atoms with Gasteiger partial charge in [0.25, 0.3) is 0 Å². The van der Waals surface area contributed by atoms with Crippen LogP contribution in [-0.2, 0) is 17.3 Å². The lowest BCUT2D eigenvalue weighted by Gasteiger charge is -2.42. The second kappa shape index (κ2) is 21.1. The zero-order valence-corrected chi connectivity index (χ0v) is 52.5. The fraction of sp³-hybridized carbons (Fsp3) is 0.0952. The van der Waals surface area contributed by atoms with Crippen molar-refractivity contribution in [3.8, 4) is 44.5 Å². The molecular weight excluding hydrogens is 1130 g/mol. The third-order valence-electron chi connectivity index (χ3n) is 19.3. The summed E-state index contributed by atoms with van der Waals surface area (Å²) >= 11 is 5.72. The van der Waals surface area contributed by atoms with Crippen LogP contribution in [0.2, 0.25) is 0 Å². The van der Waals surface area contributed by atoms with Gasteiger partial charge in [-0.2, -0.15) is 0 Å². The Morgan fingerprint density at radius 2 is 1.03 bits per heavy atom. The van der Waals surface area contributed by atoms with Crippen molar-refractivity contribution < 1.29 is 0 Å². The van der Waals surface area contributed by atoms with Gasteiger partial charge in [-0.3, -0.25) is 0 Å². The highest BCUT2D eigenvalue weighted by Crippen LogP contribution is 2.65. The van der Waals surface area contributed by atoms with E-state index in [1.54, 1.807) is 0 Å². The minimum atomic E-state index is -0.689. The lowest BCUT2D eigenvalue weighted by atomic mass is 9.67. The van der Waals surface area contributed by atoms with Gasteiger partial charge in [0.1, 0.15) is 0 Å². The van der Waals surface area contributed by atoms with E-state index in [1.807, 2.05) is 34.4 Å². The number of anilines is 5. The van der Waals surface area contributed by atoms with Gasteiger partial charge < -0.3 is 9.80 Å². The van der Waals surface area contributed by atoms with Crippen molar-refractivity contribution in [2.45, 2.75) is 61.2 Å². The molecule has 2 aliphatic carbocycles. The Hall–Kier alpha value is -9.49. The summed E-state index contributed by atoms with van der Waals surface area (Å²) in [4.78, 5) is 7.64. The van der Waals surface area contributed by atoms with Crippen LogP contribution in [0.4, 0.5) is 28.4 Å². The fourth-order valence-electron chi connectivity index (χ4n) is 15.2. The molecule has 0 radical (unpaired) electrons. The second-order valence-corrected chi connectivity index (χ2v) is 27.8. The van der Waals surface area contributed by atoms with E-state index < -0.39 is 5.41 Å². The van der Waals surface area contributed by atoms with Crippen LogP contribution in [0.5, 0.6) is 0 Å². The average molecular weight is 1200 g/mol. The predicted octanol–water partition coefficient (Wildman–Crippen LogP) is 24.6. The lowest BCUT2D eigenvalue weighted by Crippen LogP contribution is -2.33. The van der Waals surface area contributed by atoms with E-state index in [-0.39, 0.29) is 5.41 Å². The molecule has 1 aliphatic heterocycles. The maximum Gasteiger partial charge on any atom is 0.0736 e. The fourth-order valence-corrected chi connectivity index (χ4v) is 18.9. The number of fused-ring (bicyclic) bond motifs is 16. The summed E-state index contributed by atoms with van der Waals surface area (Å²) in [6.45, 7) is 9.14. The molecule has 89 heavy (non-hydrogen) atoms. The monoisotopic (exact) mass is 1190 g/mol. The Kier molecular flexibility index (Phi) is 12.7. The summed E-state index contributed by atoms with van der Waals surface area (Å²) in [6, 6.07) is 99.0. The molecule has 0 unspecified atom stereocenters. The number of thiophene rings is 2. The van der Waals surface area contributed by atoms with Crippen molar-refractivity contribution in [2.24, 2.45) is 0 Å². The Bertz CT molecular complexity index is 5190. The maximum atomic E-state index is 2.59. The van der Waals surface area contributed by atoms with Crippen LogP contribution in [0.1, 0.15) is 67.5 Å². The van der Waals surface area contributed by atoms with Gasteiger partial charge in [0.2, 0.25) is 0 Å².